The Bertz CT molecular complexity index is 654. The zero-order valence-electron chi connectivity index (χ0n) is 9.32. The average Bonchev–Trinajstić information content (AvgIpc) is 2.93. The van der Waals surface area contributed by atoms with Crippen LogP contribution in [0.25, 0.3) is 5.70 Å². The van der Waals surface area contributed by atoms with Gasteiger partial charge in [0.15, 0.2) is 5.84 Å². The third kappa shape index (κ3) is 1.79. The Labute approximate surface area is 108 Å². The summed E-state index contributed by atoms with van der Waals surface area (Å²) in [6.45, 7) is 0. The van der Waals surface area contributed by atoms with E-state index in [0.29, 0.717) is 0 Å². The predicted octanol–water partition coefficient (Wildman–Crippen LogP) is 2.77. The predicted molar refractivity (Wildman–Crippen MR) is 72.9 cm³/mol. The molecule has 0 fully saturated rings. The quantitative estimate of drug-likeness (QED) is 0.722. The molecule has 0 bridgehead atoms. The summed E-state index contributed by atoms with van der Waals surface area (Å²) in [4.78, 5) is 11.5. The van der Waals surface area contributed by atoms with Gasteiger partial charge in [-0.1, -0.05) is 6.07 Å². The van der Waals surface area contributed by atoms with Crippen molar-refractivity contribution in [1.82, 2.24) is 4.90 Å². The van der Waals surface area contributed by atoms with Crippen molar-refractivity contribution in [1.29, 1.82) is 5.26 Å². The number of fused-ring (bicyclic) bond motifs is 1. The fourth-order valence-electron chi connectivity index (χ4n) is 1.75. The van der Waals surface area contributed by atoms with E-state index < -0.39 is 0 Å². The maximum absolute atomic E-state index is 8.85. The molecular weight excluding hydrogens is 244 g/mol. The molecule has 3 rings (SSSR count). The molecule has 0 spiro atoms. The first kappa shape index (κ1) is 10.7. The van der Waals surface area contributed by atoms with E-state index in [1.54, 1.807) is 30.0 Å². The largest absolute Gasteiger partial charge is 0.298 e. The minimum Gasteiger partial charge on any atom is -0.298 e. The van der Waals surface area contributed by atoms with Gasteiger partial charge in [0.25, 0.3) is 0 Å². The van der Waals surface area contributed by atoms with Gasteiger partial charge in [0.1, 0.15) is 0 Å². The van der Waals surface area contributed by atoms with Crippen molar-refractivity contribution in [2.45, 2.75) is 0 Å². The number of rotatable bonds is 1. The van der Waals surface area contributed by atoms with Crippen LogP contribution in [0.2, 0.25) is 0 Å². The van der Waals surface area contributed by atoms with Gasteiger partial charge < -0.3 is 0 Å². The first-order valence-corrected chi connectivity index (χ1v) is 6.19. The molecule has 0 aliphatic carbocycles. The summed E-state index contributed by atoms with van der Waals surface area (Å²) in [5.41, 5.74) is 1.66. The van der Waals surface area contributed by atoms with Gasteiger partial charge in [-0.25, -0.2) is 4.99 Å². The van der Waals surface area contributed by atoms with Crippen LogP contribution in [0.4, 0.5) is 0 Å². The van der Waals surface area contributed by atoms with Gasteiger partial charge >= 0.3 is 0 Å². The van der Waals surface area contributed by atoms with Crippen molar-refractivity contribution >= 4 is 29.1 Å². The van der Waals surface area contributed by atoms with Crippen LogP contribution in [0, 0.1) is 11.3 Å². The lowest BCUT2D eigenvalue weighted by Gasteiger charge is -2.26. The van der Waals surface area contributed by atoms with E-state index in [9.17, 15) is 0 Å². The van der Waals surface area contributed by atoms with E-state index in [0.717, 1.165) is 22.1 Å². The minimum absolute atomic E-state index is 0.727. The van der Waals surface area contributed by atoms with E-state index in [4.69, 9.17) is 5.26 Å². The number of allylic oxidation sites excluding steroid dienone is 2. The lowest BCUT2D eigenvalue weighted by molar-refractivity contribution is 0.711. The number of aliphatic imine (C=N–C) groups is 2. The van der Waals surface area contributed by atoms with Crippen LogP contribution in [0.3, 0.4) is 0 Å². The summed E-state index contributed by atoms with van der Waals surface area (Å²) in [6, 6.07) is 6.05. The second-order valence-electron chi connectivity index (χ2n) is 3.62. The van der Waals surface area contributed by atoms with Crippen LogP contribution in [-0.4, -0.2) is 17.0 Å². The smallest absolute Gasteiger partial charge is 0.156 e. The number of amidine groups is 1. The third-order valence-corrected chi connectivity index (χ3v) is 3.41. The van der Waals surface area contributed by atoms with E-state index in [1.807, 2.05) is 28.5 Å². The van der Waals surface area contributed by atoms with Gasteiger partial charge in [-0.05, 0) is 17.5 Å². The summed E-state index contributed by atoms with van der Waals surface area (Å²) in [6.07, 6.45) is 8.57. The number of nitrogens with zero attached hydrogens (tertiary/aromatic N) is 4. The summed E-state index contributed by atoms with van der Waals surface area (Å²) in [7, 11) is 0. The molecule has 2 aliphatic rings. The summed E-state index contributed by atoms with van der Waals surface area (Å²) < 4.78 is 0. The molecule has 0 aromatic carbocycles. The molecule has 1 aromatic rings. The zero-order chi connectivity index (χ0) is 12.4. The summed E-state index contributed by atoms with van der Waals surface area (Å²) in [5.74, 6) is 0.727. The van der Waals surface area contributed by atoms with Crippen LogP contribution < -0.4 is 0 Å². The van der Waals surface area contributed by atoms with Gasteiger partial charge in [0.2, 0.25) is 0 Å². The van der Waals surface area contributed by atoms with Crippen LogP contribution in [0.1, 0.15) is 4.88 Å². The Morgan fingerprint density at radius 3 is 3.17 bits per heavy atom. The van der Waals surface area contributed by atoms with Crippen LogP contribution >= 0.6 is 11.3 Å². The first-order chi connectivity index (χ1) is 8.88. The topological polar surface area (TPSA) is 51.8 Å². The molecular formula is C13H8N4S. The highest BCUT2D eigenvalue weighted by Crippen LogP contribution is 2.28. The molecule has 3 heterocycles. The highest BCUT2D eigenvalue weighted by Gasteiger charge is 2.19. The van der Waals surface area contributed by atoms with Crippen LogP contribution in [0.5, 0.6) is 0 Å². The maximum atomic E-state index is 8.85. The van der Waals surface area contributed by atoms with Crippen molar-refractivity contribution in [2.24, 2.45) is 9.98 Å². The van der Waals surface area contributed by atoms with Crippen molar-refractivity contribution in [3.8, 4) is 6.07 Å². The average molecular weight is 252 g/mol. The molecule has 86 valence electrons. The Morgan fingerprint density at radius 2 is 2.39 bits per heavy atom. The number of nitriles is 1. The van der Waals surface area contributed by atoms with E-state index >= 15 is 0 Å². The molecule has 18 heavy (non-hydrogen) atoms. The normalized spacial score (nSPS) is 19.3. The second-order valence-corrected chi connectivity index (χ2v) is 4.57. The van der Waals surface area contributed by atoms with Gasteiger partial charge in [-0.15, -0.1) is 11.3 Å². The van der Waals surface area contributed by atoms with Gasteiger partial charge in [-0.2, -0.15) is 5.26 Å². The molecule has 0 radical (unpaired) electrons. The Hall–Kier alpha value is -2.45. The van der Waals surface area contributed by atoms with Crippen molar-refractivity contribution < 1.29 is 0 Å². The molecule has 0 saturated heterocycles. The molecule has 2 aliphatic heterocycles. The number of hydrogen-bond donors (Lipinski definition) is 0. The highest BCUT2D eigenvalue weighted by atomic mass is 32.1. The van der Waals surface area contributed by atoms with E-state index in [-0.39, 0.29) is 0 Å². The lowest BCUT2D eigenvalue weighted by Crippen LogP contribution is -2.29. The highest BCUT2D eigenvalue weighted by molar-refractivity contribution is 7.11. The maximum Gasteiger partial charge on any atom is 0.156 e. The molecule has 0 unspecified atom stereocenters. The molecule has 0 atom stereocenters. The summed E-state index contributed by atoms with van der Waals surface area (Å²) in [5, 5.41) is 10.9. The molecule has 0 saturated carbocycles. The first-order valence-electron chi connectivity index (χ1n) is 5.31. The monoisotopic (exact) mass is 252 g/mol. The molecule has 1 aromatic heterocycles. The molecule has 5 heteroatoms. The van der Waals surface area contributed by atoms with Crippen molar-refractivity contribution in [3.05, 3.63) is 52.6 Å². The van der Waals surface area contributed by atoms with Crippen LogP contribution in [0.15, 0.2) is 57.7 Å². The van der Waals surface area contributed by atoms with E-state index in [2.05, 4.69) is 16.1 Å². The number of thiophene rings is 1. The minimum atomic E-state index is 0.727. The van der Waals surface area contributed by atoms with Gasteiger partial charge in [-0.3, -0.25) is 9.89 Å². The Morgan fingerprint density at radius 1 is 1.44 bits per heavy atom. The second kappa shape index (κ2) is 4.43. The molecule has 0 N–H and O–H groups in total. The van der Waals surface area contributed by atoms with Crippen molar-refractivity contribution in [3.63, 3.8) is 0 Å². The fourth-order valence-corrected chi connectivity index (χ4v) is 2.43. The number of hydrogen-bond acceptors (Lipinski definition) is 5. The molecule has 0 amide bonds. The molecule has 4 nitrogen and oxygen atoms in total. The fraction of sp³-hybridized carbons (Fsp3) is 0. The lowest BCUT2D eigenvalue weighted by atomic mass is 10.2. The van der Waals surface area contributed by atoms with Crippen LogP contribution in [-0.2, 0) is 0 Å². The van der Waals surface area contributed by atoms with Gasteiger partial charge in [0.05, 0.1) is 28.6 Å². The SMILES string of the molecule is N#C/C=C1/C=C(c2cccs2)N=C2C=NC=CN21. The van der Waals surface area contributed by atoms with Crippen molar-refractivity contribution in [2.75, 3.05) is 0 Å². The zero-order valence-corrected chi connectivity index (χ0v) is 10.1. The summed E-state index contributed by atoms with van der Waals surface area (Å²) >= 11 is 1.62. The van der Waals surface area contributed by atoms with E-state index in [1.165, 1.54) is 6.08 Å². The Kier molecular flexibility index (Phi) is 2.63. The third-order valence-electron chi connectivity index (χ3n) is 2.52. The standard InChI is InChI=1S/C13H8N4S/c14-4-3-10-8-11(12-2-1-7-18-12)16-13-9-15-5-6-17(10)13/h1-3,5-9H/b10-3-. The Balaban J connectivity index is 2.10. The van der Waals surface area contributed by atoms with Gasteiger partial charge in [0, 0.05) is 18.5 Å².